The number of nitrogens with one attached hydrogen (secondary N) is 1. The molecule has 0 aliphatic carbocycles. The summed E-state index contributed by atoms with van der Waals surface area (Å²) in [5, 5.41) is 3.88. The van der Waals surface area contributed by atoms with E-state index in [0.717, 1.165) is 11.8 Å². The molecule has 0 saturated heterocycles. The van der Waals surface area contributed by atoms with Crippen molar-refractivity contribution in [1.29, 1.82) is 0 Å². The van der Waals surface area contributed by atoms with Gasteiger partial charge in [0, 0.05) is 17.8 Å². The molecule has 0 spiro atoms. The Hall–Kier alpha value is -0.0500. The molecule has 0 aromatic rings. The van der Waals surface area contributed by atoms with Crippen molar-refractivity contribution < 1.29 is 4.79 Å². The third kappa shape index (κ3) is 6.65. The summed E-state index contributed by atoms with van der Waals surface area (Å²) in [4.78, 5) is 11.2. The Kier molecular flexibility index (Phi) is 6.44. The van der Waals surface area contributed by atoms with E-state index in [1.165, 1.54) is 0 Å². The van der Waals surface area contributed by atoms with E-state index in [4.69, 9.17) is 0 Å². The molecule has 0 radical (unpaired) electrons. The Morgan fingerprint density at radius 1 is 1.42 bits per heavy atom. The lowest BCUT2D eigenvalue weighted by Gasteiger charge is -2.13. The van der Waals surface area contributed by atoms with Crippen molar-refractivity contribution in [2.75, 3.05) is 5.33 Å². The van der Waals surface area contributed by atoms with Gasteiger partial charge in [-0.15, -0.1) is 0 Å². The quantitative estimate of drug-likeness (QED) is 0.729. The van der Waals surface area contributed by atoms with Crippen molar-refractivity contribution in [3.8, 4) is 0 Å². The second kappa shape index (κ2) is 6.46. The number of rotatable bonds is 5. The van der Waals surface area contributed by atoms with Crippen LogP contribution in [0.25, 0.3) is 0 Å². The van der Waals surface area contributed by atoms with Gasteiger partial charge >= 0.3 is 0 Å². The second-order valence-corrected chi connectivity index (χ2v) is 4.34. The summed E-state index contributed by atoms with van der Waals surface area (Å²) < 4.78 is 0. The fourth-order valence-corrected chi connectivity index (χ4v) is 1.63. The fourth-order valence-electron chi connectivity index (χ4n) is 0.940. The molecule has 1 N–H and O–H groups in total. The van der Waals surface area contributed by atoms with Gasteiger partial charge in [-0.05, 0) is 19.3 Å². The Morgan fingerprint density at radius 3 is 2.42 bits per heavy atom. The topological polar surface area (TPSA) is 29.1 Å². The molecule has 0 saturated carbocycles. The Balaban J connectivity index is 3.54. The van der Waals surface area contributed by atoms with Gasteiger partial charge in [-0.2, -0.15) is 0 Å². The highest BCUT2D eigenvalue weighted by molar-refractivity contribution is 9.09. The Bertz CT molecular complexity index is 136. The van der Waals surface area contributed by atoms with Gasteiger partial charge in [0.05, 0.1) is 0 Å². The predicted octanol–water partition coefficient (Wildman–Crippen LogP) is 2.32. The predicted molar refractivity (Wildman–Crippen MR) is 55.5 cm³/mol. The van der Waals surface area contributed by atoms with Crippen LogP contribution >= 0.6 is 15.9 Å². The average Bonchev–Trinajstić information content (AvgIpc) is 1.84. The highest BCUT2D eigenvalue weighted by atomic mass is 79.9. The van der Waals surface area contributed by atoms with E-state index in [1.54, 1.807) is 0 Å². The molecular weight excluding hydrogens is 218 g/mol. The fraction of sp³-hybridized carbons (Fsp3) is 0.889. The number of hydrogen-bond acceptors (Lipinski definition) is 1. The van der Waals surface area contributed by atoms with Crippen LogP contribution in [0.4, 0.5) is 0 Å². The summed E-state index contributed by atoms with van der Waals surface area (Å²) in [6, 6.07) is 0.288. The summed E-state index contributed by atoms with van der Waals surface area (Å²) in [6.07, 6.45) is 1.62. The van der Waals surface area contributed by atoms with Crippen LogP contribution in [0.1, 0.15) is 33.6 Å². The molecule has 0 heterocycles. The zero-order valence-electron chi connectivity index (χ0n) is 8.06. The SMILES string of the molecule is CC(C)CC(=O)NC(C)CCBr. The van der Waals surface area contributed by atoms with Crippen LogP contribution in [-0.4, -0.2) is 17.3 Å². The zero-order chi connectivity index (χ0) is 9.56. The molecule has 0 aliphatic rings. The maximum absolute atomic E-state index is 11.2. The average molecular weight is 236 g/mol. The van der Waals surface area contributed by atoms with Gasteiger partial charge in [0.25, 0.3) is 0 Å². The van der Waals surface area contributed by atoms with Gasteiger partial charge in [0.1, 0.15) is 0 Å². The van der Waals surface area contributed by atoms with Crippen LogP contribution in [0.2, 0.25) is 0 Å². The molecule has 0 aromatic heterocycles. The number of carbonyl (C=O) groups is 1. The van der Waals surface area contributed by atoms with Crippen molar-refractivity contribution in [3.05, 3.63) is 0 Å². The van der Waals surface area contributed by atoms with Crippen molar-refractivity contribution in [3.63, 3.8) is 0 Å². The molecule has 1 unspecified atom stereocenters. The van der Waals surface area contributed by atoms with Crippen LogP contribution < -0.4 is 5.32 Å². The van der Waals surface area contributed by atoms with E-state index < -0.39 is 0 Å². The largest absolute Gasteiger partial charge is 0.354 e. The molecule has 1 amide bonds. The van der Waals surface area contributed by atoms with Gasteiger partial charge in [-0.3, -0.25) is 4.79 Å². The van der Waals surface area contributed by atoms with E-state index in [-0.39, 0.29) is 11.9 Å². The molecule has 1 atom stereocenters. The van der Waals surface area contributed by atoms with E-state index in [0.29, 0.717) is 12.3 Å². The molecule has 72 valence electrons. The van der Waals surface area contributed by atoms with Gasteiger partial charge < -0.3 is 5.32 Å². The van der Waals surface area contributed by atoms with Crippen molar-refractivity contribution in [1.82, 2.24) is 5.32 Å². The van der Waals surface area contributed by atoms with Crippen molar-refractivity contribution in [2.45, 2.75) is 39.7 Å². The summed E-state index contributed by atoms with van der Waals surface area (Å²) in [5.41, 5.74) is 0. The summed E-state index contributed by atoms with van der Waals surface area (Å²) in [6.45, 7) is 6.13. The van der Waals surface area contributed by atoms with Gasteiger partial charge in [0.2, 0.25) is 5.91 Å². The number of hydrogen-bond donors (Lipinski definition) is 1. The zero-order valence-corrected chi connectivity index (χ0v) is 9.65. The van der Waals surface area contributed by atoms with Crippen LogP contribution in [-0.2, 0) is 4.79 Å². The molecule has 0 fully saturated rings. The van der Waals surface area contributed by atoms with Crippen LogP contribution in [0.3, 0.4) is 0 Å². The number of halogens is 1. The maximum Gasteiger partial charge on any atom is 0.220 e. The van der Waals surface area contributed by atoms with Crippen LogP contribution in [0.5, 0.6) is 0 Å². The lowest BCUT2D eigenvalue weighted by Crippen LogP contribution is -2.33. The minimum absolute atomic E-state index is 0.165. The lowest BCUT2D eigenvalue weighted by molar-refractivity contribution is -0.122. The summed E-state index contributed by atoms with van der Waals surface area (Å²) in [5.74, 6) is 0.611. The van der Waals surface area contributed by atoms with Gasteiger partial charge in [-0.25, -0.2) is 0 Å². The molecule has 0 rings (SSSR count). The molecule has 0 bridgehead atoms. The standard InChI is InChI=1S/C9H18BrNO/c1-7(2)6-9(12)11-8(3)4-5-10/h7-8H,4-6H2,1-3H3,(H,11,12). The van der Waals surface area contributed by atoms with Crippen LogP contribution in [0, 0.1) is 5.92 Å². The number of amides is 1. The maximum atomic E-state index is 11.2. The minimum Gasteiger partial charge on any atom is -0.354 e. The first-order valence-corrected chi connectivity index (χ1v) is 5.53. The molecule has 0 aromatic carbocycles. The number of alkyl halides is 1. The molecule has 12 heavy (non-hydrogen) atoms. The second-order valence-electron chi connectivity index (χ2n) is 3.54. The van der Waals surface area contributed by atoms with E-state index in [1.807, 2.05) is 6.92 Å². The smallest absolute Gasteiger partial charge is 0.220 e. The Labute approximate surface area is 83.2 Å². The third-order valence-electron chi connectivity index (χ3n) is 1.54. The van der Waals surface area contributed by atoms with E-state index >= 15 is 0 Å². The first kappa shape index (κ1) is 11.9. The van der Waals surface area contributed by atoms with Gasteiger partial charge in [-0.1, -0.05) is 29.8 Å². The van der Waals surface area contributed by atoms with Crippen molar-refractivity contribution in [2.24, 2.45) is 5.92 Å². The third-order valence-corrected chi connectivity index (χ3v) is 2.00. The summed E-state index contributed by atoms with van der Waals surface area (Å²) in [7, 11) is 0. The van der Waals surface area contributed by atoms with E-state index in [2.05, 4.69) is 35.1 Å². The highest BCUT2D eigenvalue weighted by Gasteiger charge is 2.07. The van der Waals surface area contributed by atoms with Gasteiger partial charge in [0.15, 0.2) is 0 Å². The molecule has 3 heteroatoms. The first-order valence-electron chi connectivity index (χ1n) is 4.41. The molecular formula is C9H18BrNO. The van der Waals surface area contributed by atoms with E-state index in [9.17, 15) is 4.79 Å². The van der Waals surface area contributed by atoms with Crippen LogP contribution in [0.15, 0.2) is 0 Å². The highest BCUT2D eigenvalue weighted by Crippen LogP contribution is 2.00. The normalized spacial score (nSPS) is 13.1. The first-order chi connectivity index (χ1) is 5.56. The lowest BCUT2D eigenvalue weighted by atomic mass is 10.1. The summed E-state index contributed by atoms with van der Waals surface area (Å²) >= 11 is 3.34. The number of carbonyl (C=O) groups excluding carboxylic acids is 1. The Morgan fingerprint density at radius 2 is 2.00 bits per heavy atom. The minimum atomic E-state index is 0.165. The monoisotopic (exact) mass is 235 g/mol. The van der Waals surface area contributed by atoms with Crippen molar-refractivity contribution >= 4 is 21.8 Å². The molecule has 0 aliphatic heterocycles. The molecule has 2 nitrogen and oxygen atoms in total.